The molecule has 1 saturated heterocycles. The van der Waals surface area contributed by atoms with Gasteiger partial charge in [0.25, 0.3) is 5.69 Å². The molecular formula is C18H18N4O3. The van der Waals surface area contributed by atoms with E-state index >= 15 is 0 Å². The normalized spacial score (nSPS) is 14.7. The van der Waals surface area contributed by atoms with E-state index in [4.69, 9.17) is 0 Å². The maximum absolute atomic E-state index is 12.3. The maximum Gasteiger partial charge on any atom is 0.269 e. The Morgan fingerprint density at radius 1 is 1.04 bits per heavy atom. The molecule has 2 heterocycles. The molecule has 1 fully saturated rings. The number of amides is 1. The summed E-state index contributed by atoms with van der Waals surface area (Å²) in [5.41, 5.74) is 1.91. The molecule has 1 aliphatic heterocycles. The van der Waals surface area contributed by atoms with E-state index in [0.717, 1.165) is 24.3 Å². The lowest BCUT2D eigenvalue weighted by Crippen LogP contribution is -2.48. The molecule has 1 amide bonds. The second-order valence-corrected chi connectivity index (χ2v) is 5.70. The Bertz CT molecular complexity index is 767. The summed E-state index contributed by atoms with van der Waals surface area (Å²) < 4.78 is 0. The van der Waals surface area contributed by atoms with Gasteiger partial charge in [-0.2, -0.15) is 0 Å². The first-order chi connectivity index (χ1) is 12.1. The van der Waals surface area contributed by atoms with E-state index < -0.39 is 4.92 Å². The van der Waals surface area contributed by atoms with Crippen molar-refractivity contribution < 1.29 is 9.72 Å². The van der Waals surface area contributed by atoms with Crippen molar-refractivity contribution in [3.05, 3.63) is 70.5 Å². The van der Waals surface area contributed by atoms with Gasteiger partial charge in [0, 0.05) is 62.5 Å². The van der Waals surface area contributed by atoms with Crippen molar-refractivity contribution >= 4 is 23.4 Å². The van der Waals surface area contributed by atoms with Crippen LogP contribution in [0, 0.1) is 10.1 Å². The van der Waals surface area contributed by atoms with Crippen LogP contribution in [0.3, 0.4) is 0 Å². The van der Waals surface area contributed by atoms with Crippen LogP contribution in [0.25, 0.3) is 6.08 Å². The molecule has 7 heteroatoms. The van der Waals surface area contributed by atoms with E-state index in [1.807, 2.05) is 12.1 Å². The number of non-ortho nitro benzene ring substituents is 1. The lowest BCUT2D eigenvalue weighted by atomic mass is 10.2. The zero-order valence-electron chi connectivity index (χ0n) is 13.6. The minimum atomic E-state index is -0.444. The minimum absolute atomic E-state index is 0.0377. The van der Waals surface area contributed by atoms with Crippen LogP contribution in [0.5, 0.6) is 0 Å². The van der Waals surface area contributed by atoms with Gasteiger partial charge < -0.3 is 9.80 Å². The zero-order chi connectivity index (χ0) is 17.6. The summed E-state index contributed by atoms with van der Waals surface area (Å²) in [6.07, 6.45) is 6.73. The third-order valence-corrected chi connectivity index (χ3v) is 4.14. The Kier molecular flexibility index (Phi) is 5.03. The van der Waals surface area contributed by atoms with Crippen LogP contribution < -0.4 is 4.90 Å². The fourth-order valence-electron chi connectivity index (χ4n) is 2.72. The predicted octanol–water partition coefficient (Wildman–Crippen LogP) is 2.35. The van der Waals surface area contributed by atoms with E-state index in [-0.39, 0.29) is 11.6 Å². The predicted molar refractivity (Wildman–Crippen MR) is 95.2 cm³/mol. The molecule has 128 valence electrons. The van der Waals surface area contributed by atoms with Gasteiger partial charge in [-0.15, -0.1) is 0 Å². The van der Waals surface area contributed by atoms with E-state index in [2.05, 4.69) is 9.88 Å². The molecule has 1 aromatic carbocycles. The molecule has 2 aromatic rings. The van der Waals surface area contributed by atoms with Crippen molar-refractivity contribution in [2.75, 3.05) is 31.1 Å². The van der Waals surface area contributed by atoms with Crippen molar-refractivity contribution in [1.82, 2.24) is 9.88 Å². The highest BCUT2D eigenvalue weighted by atomic mass is 16.6. The third kappa shape index (κ3) is 4.20. The molecule has 0 atom stereocenters. The van der Waals surface area contributed by atoms with Gasteiger partial charge in [-0.05, 0) is 35.9 Å². The number of anilines is 1. The number of pyridine rings is 1. The van der Waals surface area contributed by atoms with Gasteiger partial charge in [-0.1, -0.05) is 0 Å². The monoisotopic (exact) mass is 338 g/mol. The van der Waals surface area contributed by atoms with E-state index in [9.17, 15) is 14.9 Å². The first-order valence-corrected chi connectivity index (χ1v) is 8.00. The summed E-state index contributed by atoms with van der Waals surface area (Å²) in [7, 11) is 0. The zero-order valence-corrected chi connectivity index (χ0v) is 13.6. The number of nitro groups is 1. The van der Waals surface area contributed by atoms with Gasteiger partial charge in [0.2, 0.25) is 5.91 Å². The lowest BCUT2D eigenvalue weighted by Gasteiger charge is -2.35. The van der Waals surface area contributed by atoms with E-state index in [1.165, 1.54) is 18.2 Å². The number of aromatic nitrogens is 1. The molecule has 1 aliphatic rings. The molecule has 7 nitrogen and oxygen atoms in total. The standard InChI is InChI=1S/C18H18N4O3/c23-18(6-3-15-1-4-17(5-2-15)22(24)25)21-13-11-20(12-14-21)16-7-9-19-10-8-16/h1-10H,11-14H2/b6-3+. The van der Waals surface area contributed by atoms with Crippen molar-refractivity contribution in [3.8, 4) is 0 Å². The number of carbonyl (C=O) groups is 1. The van der Waals surface area contributed by atoms with E-state index in [0.29, 0.717) is 13.1 Å². The number of nitrogens with zero attached hydrogens (tertiary/aromatic N) is 4. The molecule has 0 bridgehead atoms. The molecule has 3 rings (SSSR count). The smallest absolute Gasteiger partial charge is 0.269 e. The van der Waals surface area contributed by atoms with Gasteiger partial charge in [0.15, 0.2) is 0 Å². The summed E-state index contributed by atoms with van der Waals surface area (Å²) in [6.45, 7) is 2.87. The third-order valence-electron chi connectivity index (χ3n) is 4.14. The van der Waals surface area contributed by atoms with Gasteiger partial charge in [0.1, 0.15) is 0 Å². The first kappa shape index (κ1) is 16.6. The van der Waals surface area contributed by atoms with Crippen LogP contribution in [0.2, 0.25) is 0 Å². The summed E-state index contributed by atoms with van der Waals surface area (Å²) in [5, 5.41) is 10.6. The van der Waals surface area contributed by atoms with Crippen LogP contribution in [-0.4, -0.2) is 46.9 Å². The molecule has 1 aromatic heterocycles. The highest BCUT2D eigenvalue weighted by molar-refractivity contribution is 5.92. The molecule has 0 aliphatic carbocycles. The van der Waals surface area contributed by atoms with Crippen molar-refractivity contribution in [2.45, 2.75) is 0 Å². The van der Waals surface area contributed by atoms with Crippen LogP contribution in [0.4, 0.5) is 11.4 Å². The van der Waals surface area contributed by atoms with Crippen molar-refractivity contribution in [3.63, 3.8) is 0 Å². The summed E-state index contributed by atoms with van der Waals surface area (Å²) in [4.78, 5) is 30.5. The van der Waals surface area contributed by atoms with Gasteiger partial charge in [-0.3, -0.25) is 19.9 Å². The summed E-state index contributed by atoms with van der Waals surface area (Å²) in [5.74, 6) is -0.0484. The Hall–Kier alpha value is -3.22. The van der Waals surface area contributed by atoms with Gasteiger partial charge >= 0.3 is 0 Å². The lowest BCUT2D eigenvalue weighted by molar-refractivity contribution is -0.384. The van der Waals surface area contributed by atoms with Crippen LogP contribution in [-0.2, 0) is 4.79 Å². The molecular weight excluding hydrogens is 320 g/mol. The molecule has 0 N–H and O–H groups in total. The molecule has 0 saturated carbocycles. The highest BCUT2D eigenvalue weighted by Gasteiger charge is 2.19. The Labute approximate surface area is 145 Å². The SMILES string of the molecule is O=C(/C=C/c1ccc([N+](=O)[O-])cc1)N1CCN(c2ccncc2)CC1. The fourth-order valence-corrected chi connectivity index (χ4v) is 2.72. The molecule has 0 spiro atoms. The summed E-state index contributed by atoms with van der Waals surface area (Å²) >= 11 is 0. The number of nitro benzene ring substituents is 1. The average molecular weight is 338 g/mol. The molecule has 25 heavy (non-hydrogen) atoms. The fraction of sp³-hybridized carbons (Fsp3) is 0.222. The van der Waals surface area contributed by atoms with Crippen LogP contribution in [0.1, 0.15) is 5.56 Å². The van der Waals surface area contributed by atoms with Crippen molar-refractivity contribution in [2.24, 2.45) is 0 Å². The highest BCUT2D eigenvalue weighted by Crippen LogP contribution is 2.16. The molecule has 0 radical (unpaired) electrons. The second kappa shape index (κ2) is 7.57. The minimum Gasteiger partial charge on any atom is -0.368 e. The van der Waals surface area contributed by atoms with Gasteiger partial charge in [-0.25, -0.2) is 0 Å². The molecule has 0 unspecified atom stereocenters. The number of hydrogen-bond acceptors (Lipinski definition) is 5. The number of piperazine rings is 1. The largest absolute Gasteiger partial charge is 0.368 e. The number of benzene rings is 1. The van der Waals surface area contributed by atoms with Gasteiger partial charge in [0.05, 0.1) is 4.92 Å². The van der Waals surface area contributed by atoms with Crippen LogP contribution >= 0.6 is 0 Å². The Morgan fingerprint density at radius 3 is 2.28 bits per heavy atom. The number of hydrogen-bond donors (Lipinski definition) is 0. The quantitative estimate of drug-likeness (QED) is 0.486. The first-order valence-electron chi connectivity index (χ1n) is 8.00. The van der Waals surface area contributed by atoms with Crippen LogP contribution in [0.15, 0.2) is 54.9 Å². The number of carbonyl (C=O) groups excluding carboxylic acids is 1. The second-order valence-electron chi connectivity index (χ2n) is 5.70. The van der Waals surface area contributed by atoms with E-state index in [1.54, 1.807) is 35.5 Å². The maximum atomic E-state index is 12.3. The summed E-state index contributed by atoms with van der Waals surface area (Å²) in [6, 6.07) is 10.0. The Morgan fingerprint density at radius 2 is 1.68 bits per heavy atom. The Balaban J connectivity index is 1.55. The van der Waals surface area contributed by atoms with Crippen molar-refractivity contribution in [1.29, 1.82) is 0 Å². The average Bonchev–Trinajstić information content (AvgIpc) is 2.67. The topological polar surface area (TPSA) is 79.6 Å². The number of rotatable bonds is 4.